The third kappa shape index (κ3) is 4.23. The second-order valence-corrected chi connectivity index (χ2v) is 6.81. The Bertz CT molecular complexity index is 490. The molecule has 8 heteroatoms. The van der Waals surface area contributed by atoms with Crippen molar-refractivity contribution in [3.05, 3.63) is 23.1 Å². The fraction of sp³-hybridized carbons (Fsp3) is 0.867. The molecule has 2 heterocycles. The molecule has 2 aliphatic rings. The van der Waals surface area contributed by atoms with Crippen LogP contribution >= 0.6 is 0 Å². The van der Waals surface area contributed by atoms with Gasteiger partial charge in [-0.05, 0) is 39.6 Å². The molecule has 0 saturated carbocycles. The summed E-state index contributed by atoms with van der Waals surface area (Å²) in [6.07, 6.45) is 0.975. The Morgan fingerprint density at radius 2 is 2.00 bits per heavy atom. The van der Waals surface area contributed by atoms with Gasteiger partial charge in [-0.25, -0.2) is 0 Å². The van der Waals surface area contributed by atoms with Crippen molar-refractivity contribution >= 4 is 0 Å². The topological polar surface area (TPSA) is 112 Å². The molecule has 0 spiro atoms. The van der Waals surface area contributed by atoms with E-state index in [9.17, 15) is 0 Å². The third-order valence-electron chi connectivity index (χ3n) is 3.99. The maximum absolute atomic E-state index is 8.76. The number of rotatable bonds is 6. The molecule has 0 aromatic heterocycles. The largest absolute Gasteiger partial charge is 0.348 e. The van der Waals surface area contributed by atoms with Crippen molar-refractivity contribution in [1.82, 2.24) is 0 Å². The van der Waals surface area contributed by atoms with Gasteiger partial charge < -0.3 is 24.7 Å². The van der Waals surface area contributed by atoms with Crippen LogP contribution in [0, 0.1) is 0 Å². The highest BCUT2D eigenvalue weighted by Crippen LogP contribution is 2.37. The zero-order valence-corrected chi connectivity index (χ0v) is 14.1. The van der Waals surface area contributed by atoms with Crippen LogP contribution in [0.3, 0.4) is 0 Å². The molecule has 2 rings (SSSR count). The second kappa shape index (κ2) is 6.76. The quantitative estimate of drug-likeness (QED) is 0.348. The van der Waals surface area contributed by atoms with E-state index < -0.39 is 35.9 Å². The lowest BCUT2D eigenvalue weighted by Gasteiger charge is -2.29. The molecule has 2 N–H and O–H groups in total. The predicted molar refractivity (Wildman–Crippen MR) is 84.5 cm³/mol. The monoisotopic (exact) mass is 326 g/mol. The first-order valence-corrected chi connectivity index (χ1v) is 7.77. The van der Waals surface area contributed by atoms with E-state index >= 15 is 0 Å². The van der Waals surface area contributed by atoms with Gasteiger partial charge >= 0.3 is 0 Å². The van der Waals surface area contributed by atoms with Gasteiger partial charge in [-0.2, -0.15) is 0 Å². The summed E-state index contributed by atoms with van der Waals surface area (Å²) in [6.45, 7) is 11.4. The van der Waals surface area contributed by atoms with E-state index in [4.69, 9.17) is 30.2 Å². The zero-order chi connectivity index (χ0) is 17.3. The van der Waals surface area contributed by atoms with Gasteiger partial charge in [0.2, 0.25) is 0 Å². The number of nitrogens with zero attached hydrogens (tertiary/aromatic N) is 3. The summed E-state index contributed by atoms with van der Waals surface area (Å²) in [5.41, 5.74) is 15.1. The maximum atomic E-state index is 8.76. The summed E-state index contributed by atoms with van der Waals surface area (Å²) in [6, 6.07) is -0.999. The Labute approximate surface area is 136 Å². The number of hydrogen-bond acceptors (Lipinski definition) is 6. The Kier molecular flexibility index (Phi) is 5.35. The molecule has 0 aliphatic carbocycles. The molecule has 130 valence electrons. The van der Waals surface area contributed by atoms with Crippen molar-refractivity contribution in [3.63, 3.8) is 0 Å². The van der Waals surface area contributed by atoms with E-state index in [1.54, 1.807) is 6.08 Å². The molecule has 8 nitrogen and oxygen atoms in total. The van der Waals surface area contributed by atoms with E-state index in [0.717, 1.165) is 0 Å². The van der Waals surface area contributed by atoms with Crippen LogP contribution in [-0.2, 0) is 18.9 Å². The van der Waals surface area contributed by atoms with Crippen LogP contribution in [0.5, 0.6) is 0 Å². The van der Waals surface area contributed by atoms with Gasteiger partial charge in [0.15, 0.2) is 11.6 Å². The standard InChI is InChI=1S/C15H26N4O4/c1-6-7-9(18-19-17)11(16)13-12(22-15(4,5)23-13)10-8-20-14(2,3)21-10/h6,9-13H,1,7-8,16H2,2-5H3/t9-,10+,11+,12+,13+/m0/s1. The first-order chi connectivity index (χ1) is 10.7. The van der Waals surface area contributed by atoms with E-state index in [2.05, 4.69) is 16.6 Å². The first-order valence-electron chi connectivity index (χ1n) is 7.77. The summed E-state index contributed by atoms with van der Waals surface area (Å²) < 4.78 is 23.5. The average molecular weight is 326 g/mol. The Balaban J connectivity index is 2.19. The van der Waals surface area contributed by atoms with Crippen LogP contribution in [0.2, 0.25) is 0 Å². The lowest BCUT2D eigenvalue weighted by atomic mass is 9.95. The molecule has 2 fully saturated rings. The summed E-state index contributed by atoms with van der Waals surface area (Å²) in [5.74, 6) is -1.46. The van der Waals surface area contributed by atoms with Crippen LogP contribution in [0.1, 0.15) is 34.1 Å². The van der Waals surface area contributed by atoms with Crippen LogP contribution < -0.4 is 5.73 Å². The van der Waals surface area contributed by atoms with E-state index in [-0.39, 0.29) is 6.10 Å². The van der Waals surface area contributed by atoms with Crippen molar-refractivity contribution in [2.45, 2.75) is 76.1 Å². The molecule has 2 saturated heterocycles. The molecule has 0 unspecified atom stereocenters. The highest BCUT2D eigenvalue weighted by Gasteiger charge is 2.52. The van der Waals surface area contributed by atoms with Crippen LogP contribution in [0.25, 0.3) is 10.4 Å². The highest BCUT2D eigenvalue weighted by atomic mass is 16.8. The molecule has 0 radical (unpaired) electrons. The lowest BCUT2D eigenvalue weighted by molar-refractivity contribution is -0.174. The Hall–Kier alpha value is -1.15. The first kappa shape index (κ1) is 18.2. The Morgan fingerprint density at radius 3 is 2.52 bits per heavy atom. The van der Waals surface area contributed by atoms with Gasteiger partial charge in [0.05, 0.1) is 12.6 Å². The molecule has 0 aromatic carbocycles. The molecule has 0 aromatic rings. The minimum absolute atomic E-state index is 0.293. The van der Waals surface area contributed by atoms with Gasteiger partial charge in [-0.3, -0.25) is 0 Å². The number of hydrogen-bond donors (Lipinski definition) is 1. The molecule has 5 atom stereocenters. The predicted octanol–water partition coefficient (Wildman–Crippen LogP) is 2.24. The van der Waals surface area contributed by atoms with Gasteiger partial charge in [-0.1, -0.05) is 11.2 Å². The number of nitrogens with two attached hydrogens (primary N) is 1. The average Bonchev–Trinajstić information content (AvgIpc) is 2.97. The smallest absolute Gasteiger partial charge is 0.163 e. The maximum Gasteiger partial charge on any atom is 0.163 e. The molecular formula is C15H26N4O4. The third-order valence-corrected chi connectivity index (χ3v) is 3.99. The molecule has 0 bridgehead atoms. The molecule has 2 aliphatic heterocycles. The SMILES string of the molecule is C=CC[C@H](N=[N+]=[N-])[C@@H](N)[C@H]1OC(C)(C)O[C@@H]1[C@H]1COC(C)(C)O1. The fourth-order valence-electron chi connectivity index (χ4n) is 3.02. The van der Waals surface area contributed by atoms with Gasteiger partial charge in [0, 0.05) is 11.0 Å². The highest BCUT2D eigenvalue weighted by molar-refractivity contribution is 5.00. The van der Waals surface area contributed by atoms with Gasteiger partial charge in [0.25, 0.3) is 0 Å². The van der Waals surface area contributed by atoms with Crippen molar-refractivity contribution in [1.29, 1.82) is 0 Å². The van der Waals surface area contributed by atoms with Crippen LogP contribution in [0.15, 0.2) is 17.8 Å². The van der Waals surface area contributed by atoms with Crippen molar-refractivity contribution < 1.29 is 18.9 Å². The summed E-state index contributed by atoms with van der Waals surface area (Å²) >= 11 is 0. The van der Waals surface area contributed by atoms with E-state index in [0.29, 0.717) is 13.0 Å². The van der Waals surface area contributed by atoms with Crippen LogP contribution in [-0.4, -0.2) is 48.6 Å². The summed E-state index contributed by atoms with van der Waals surface area (Å²) in [5, 5.41) is 3.77. The Morgan fingerprint density at radius 1 is 1.30 bits per heavy atom. The van der Waals surface area contributed by atoms with Crippen molar-refractivity contribution in [3.8, 4) is 0 Å². The molecule has 0 amide bonds. The normalized spacial score (nSPS) is 34.6. The summed E-state index contributed by atoms with van der Waals surface area (Å²) in [7, 11) is 0. The number of ether oxygens (including phenoxy) is 4. The number of azide groups is 1. The molecule has 23 heavy (non-hydrogen) atoms. The van der Waals surface area contributed by atoms with Crippen LogP contribution in [0.4, 0.5) is 0 Å². The van der Waals surface area contributed by atoms with Gasteiger partial charge in [0.1, 0.15) is 18.3 Å². The minimum atomic E-state index is -0.794. The summed E-state index contributed by atoms with van der Waals surface area (Å²) in [4.78, 5) is 2.87. The van der Waals surface area contributed by atoms with E-state index in [1.165, 1.54) is 0 Å². The van der Waals surface area contributed by atoms with Crippen molar-refractivity contribution in [2.75, 3.05) is 6.61 Å². The van der Waals surface area contributed by atoms with Gasteiger partial charge in [-0.15, -0.1) is 6.58 Å². The minimum Gasteiger partial charge on any atom is -0.348 e. The second-order valence-electron chi connectivity index (χ2n) is 6.81. The lowest BCUT2D eigenvalue weighted by Crippen LogP contribution is -2.52. The van der Waals surface area contributed by atoms with E-state index in [1.807, 2.05) is 27.7 Å². The fourth-order valence-corrected chi connectivity index (χ4v) is 3.02. The molecular weight excluding hydrogens is 300 g/mol. The zero-order valence-electron chi connectivity index (χ0n) is 14.1. The van der Waals surface area contributed by atoms with Crippen molar-refractivity contribution in [2.24, 2.45) is 10.8 Å².